The highest BCUT2D eigenvalue weighted by atomic mass is 32.1. The molecule has 1 saturated heterocycles. The maximum Gasteiger partial charge on any atom is 0.200 e. The molecule has 5 rings (SSSR count). The number of benzene rings is 1. The van der Waals surface area contributed by atoms with E-state index in [4.69, 9.17) is 4.98 Å². The highest BCUT2D eigenvalue weighted by Crippen LogP contribution is 2.24. The Bertz CT molecular complexity index is 1040. The lowest BCUT2D eigenvalue weighted by atomic mass is 10.2. The van der Waals surface area contributed by atoms with E-state index in [9.17, 15) is 0 Å². The highest BCUT2D eigenvalue weighted by Gasteiger charge is 2.19. The topological polar surface area (TPSA) is 75.3 Å². The van der Waals surface area contributed by atoms with Gasteiger partial charge < -0.3 is 4.90 Å². The normalized spacial score (nSPS) is 15.5. The molecule has 8 nitrogen and oxygen atoms in total. The lowest BCUT2D eigenvalue weighted by molar-refractivity contribution is 0.247. The van der Waals surface area contributed by atoms with Crippen LogP contribution in [0.25, 0.3) is 16.2 Å². The molecule has 1 fully saturated rings. The van der Waals surface area contributed by atoms with E-state index in [-0.39, 0.29) is 0 Å². The third-order valence-corrected chi connectivity index (χ3v) is 5.65. The second-order valence-corrected chi connectivity index (χ2v) is 7.35. The van der Waals surface area contributed by atoms with E-state index >= 15 is 0 Å². The molecule has 1 aromatic carbocycles. The molecule has 0 N–H and O–H groups in total. The lowest BCUT2D eigenvalue weighted by Gasteiger charge is -2.34. The minimum absolute atomic E-state index is 0.662. The molecule has 0 bridgehead atoms. The van der Waals surface area contributed by atoms with E-state index in [2.05, 4.69) is 60.1 Å². The number of nitrogens with zero attached hydrogens (tertiary/aromatic N) is 8. The summed E-state index contributed by atoms with van der Waals surface area (Å²) >= 11 is 1.71. The smallest absolute Gasteiger partial charge is 0.200 e. The molecule has 4 aromatic rings. The van der Waals surface area contributed by atoms with Gasteiger partial charge >= 0.3 is 0 Å². The predicted molar refractivity (Wildman–Crippen MR) is 104 cm³/mol. The van der Waals surface area contributed by atoms with Crippen molar-refractivity contribution < 1.29 is 0 Å². The van der Waals surface area contributed by atoms with E-state index in [0.29, 0.717) is 5.65 Å². The SMILES string of the molecule is c1ccc(-c2nc(CN3CCN(c4ccc5nnnn5n4)CC3)cs2)cc1. The minimum Gasteiger partial charge on any atom is -0.353 e. The molecule has 0 amide bonds. The van der Waals surface area contributed by atoms with Gasteiger partial charge in [-0.25, -0.2) is 4.98 Å². The van der Waals surface area contributed by atoms with Crippen LogP contribution >= 0.6 is 11.3 Å². The summed E-state index contributed by atoms with van der Waals surface area (Å²) in [5.74, 6) is 0.912. The number of hydrogen-bond acceptors (Lipinski definition) is 8. The van der Waals surface area contributed by atoms with Crippen LogP contribution < -0.4 is 4.90 Å². The summed E-state index contributed by atoms with van der Waals surface area (Å²) in [5.41, 5.74) is 2.98. The van der Waals surface area contributed by atoms with Crippen LogP contribution in [0.4, 0.5) is 5.82 Å². The van der Waals surface area contributed by atoms with Crippen LogP contribution in [-0.4, -0.2) is 61.3 Å². The molecule has 0 spiro atoms. The van der Waals surface area contributed by atoms with Crippen molar-refractivity contribution >= 4 is 22.8 Å². The molecule has 0 aliphatic carbocycles. The van der Waals surface area contributed by atoms with Crippen LogP contribution in [0, 0.1) is 0 Å². The molecule has 4 heterocycles. The number of anilines is 1. The van der Waals surface area contributed by atoms with E-state index < -0.39 is 0 Å². The standard InChI is InChI=1S/C18H18N8S/c1-2-4-14(5-3-1)18-19-15(13-27-18)12-24-8-10-25(11-9-24)17-7-6-16-20-22-23-26(16)21-17/h1-7,13H,8-12H2. The number of aromatic nitrogens is 6. The predicted octanol–water partition coefficient (Wildman–Crippen LogP) is 1.96. The van der Waals surface area contributed by atoms with Gasteiger partial charge in [-0.05, 0) is 22.6 Å². The summed E-state index contributed by atoms with van der Waals surface area (Å²) in [4.78, 5) is 9.52. The summed E-state index contributed by atoms with van der Waals surface area (Å²) in [6.45, 7) is 4.70. The van der Waals surface area contributed by atoms with E-state index in [1.165, 1.54) is 10.2 Å². The average Bonchev–Trinajstić information content (AvgIpc) is 3.38. The summed E-state index contributed by atoms with van der Waals surface area (Å²) in [7, 11) is 0. The van der Waals surface area contributed by atoms with Gasteiger partial charge in [0.2, 0.25) is 0 Å². The first-order valence-electron chi connectivity index (χ1n) is 8.88. The van der Waals surface area contributed by atoms with Crippen LogP contribution in [-0.2, 0) is 6.54 Å². The Labute approximate surface area is 160 Å². The van der Waals surface area contributed by atoms with Gasteiger partial charge in [0, 0.05) is 43.7 Å². The van der Waals surface area contributed by atoms with Gasteiger partial charge in [-0.15, -0.1) is 26.2 Å². The second-order valence-electron chi connectivity index (χ2n) is 6.49. The van der Waals surface area contributed by atoms with E-state index in [1.807, 2.05) is 18.2 Å². The third-order valence-electron chi connectivity index (χ3n) is 4.71. The molecule has 0 unspecified atom stereocenters. The summed E-state index contributed by atoms with van der Waals surface area (Å²) in [6, 6.07) is 14.2. The van der Waals surface area contributed by atoms with Crippen LogP contribution in [0.3, 0.4) is 0 Å². The van der Waals surface area contributed by atoms with Crippen LogP contribution in [0.2, 0.25) is 0 Å². The quantitative estimate of drug-likeness (QED) is 0.537. The summed E-state index contributed by atoms with van der Waals surface area (Å²) in [5, 5.41) is 19.1. The number of fused-ring (bicyclic) bond motifs is 1. The highest BCUT2D eigenvalue weighted by molar-refractivity contribution is 7.13. The summed E-state index contributed by atoms with van der Waals surface area (Å²) in [6.07, 6.45) is 0. The zero-order valence-corrected chi connectivity index (χ0v) is 15.5. The Hall–Kier alpha value is -2.91. The Morgan fingerprint density at radius 1 is 0.963 bits per heavy atom. The Kier molecular flexibility index (Phi) is 4.23. The Morgan fingerprint density at radius 2 is 1.81 bits per heavy atom. The molecular weight excluding hydrogens is 360 g/mol. The van der Waals surface area contributed by atoms with Crippen molar-refractivity contribution in [1.82, 2.24) is 35.1 Å². The van der Waals surface area contributed by atoms with Crippen LogP contribution in [0.1, 0.15) is 5.69 Å². The molecule has 0 saturated carbocycles. The van der Waals surface area contributed by atoms with Gasteiger partial charge in [-0.2, -0.15) is 0 Å². The number of piperazine rings is 1. The van der Waals surface area contributed by atoms with Gasteiger partial charge in [0.05, 0.1) is 5.69 Å². The second kappa shape index (κ2) is 7.01. The van der Waals surface area contributed by atoms with Gasteiger partial charge in [-0.3, -0.25) is 4.90 Å². The van der Waals surface area contributed by atoms with E-state index in [1.54, 1.807) is 11.3 Å². The average molecular weight is 378 g/mol. The van der Waals surface area contributed by atoms with Crippen molar-refractivity contribution in [2.75, 3.05) is 31.1 Å². The fourth-order valence-electron chi connectivity index (χ4n) is 3.27. The zero-order chi connectivity index (χ0) is 18.1. The van der Waals surface area contributed by atoms with Crippen LogP contribution in [0.5, 0.6) is 0 Å². The number of tetrazole rings is 1. The minimum atomic E-state index is 0.662. The molecule has 0 atom stereocenters. The molecule has 27 heavy (non-hydrogen) atoms. The van der Waals surface area contributed by atoms with Crippen molar-refractivity contribution in [3.05, 3.63) is 53.5 Å². The monoisotopic (exact) mass is 378 g/mol. The Balaban J connectivity index is 1.21. The number of hydrogen-bond donors (Lipinski definition) is 0. The van der Waals surface area contributed by atoms with Crippen molar-refractivity contribution in [3.8, 4) is 10.6 Å². The van der Waals surface area contributed by atoms with Gasteiger partial charge in [0.15, 0.2) is 11.5 Å². The largest absolute Gasteiger partial charge is 0.353 e. The first-order valence-corrected chi connectivity index (χ1v) is 9.76. The van der Waals surface area contributed by atoms with Gasteiger partial charge in [-0.1, -0.05) is 30.3 Å². The molecule has 1 aliphatic heterocycles. The maximum absolute atomic E-state index is 4.81. The molecule has 136 valence electrons. The Morgan fingerprint density at radius 3 is 2.67 bits per heavy atom. The maximum atomic E-state index is 4.81. The molecular formula is C18H18N8S. The van der Waals surface area contributed by atoms with Crippen molar-refractivity contribution in [1.29, 1.82) is 0 Å². The van der Waals surface area contributed by atoms with Crippen molar-refractivity contribution in [2.24, 2.45) is 0 Å². The molecule has 9 heteroatoms. The fourth-order valence-corrected chi connectivity index (χ4v) is 4.08. The fraction of sp³-hybridized carbons (Fsp3) is 0.278. The number of thiazole rings is 1. The zero-order valence-electron chi connectivity index (χ0n) is 14.6. The molecule has 1 aliphatic rings. The van der Waals surface area contributed by atoms with Gasteiger partial charge in [0.25, 0.3) is 0 Å². The summed E-state index contributed by atoms with van der Waals surface area (Å²) < 4.78 is 1.47. The van der Waals surface area contributed by atoms with Crippen molar-refractivity contribution in [3.63, 3.8) is 0 Å². The van der Waals surface area contributed by atoms with Gasteiger partial charge in [0.1, 0.15) is 5.01 Å². The van der Waals surface area contributed by atoms with E-state index in [0.717, 1.165) is 49.2 Å². The number of rotatable bonds is 4. The van der Waals surface area contributed by atoms with Crippen LogP contribution in [0.15, 0.2) is 47.8 Å². The van der Waals surface area contributed by atoms with Crippen molar-refractivity contribution in [2.45, 2.75) is 6.54 Å². The first-order chi connectivity index (χ1) is 13.3. The molecule has 3 aromatic heterocycles. The molecule has 0 radical (unpaired) electrons. The lowest BCUT2D eigenvalue weighted by Crippen LogP contribution is -2.46. The first kappa shape index (κ1) is 16.3. The third kappa shape index (κ3) is 3.38.